The van der Waals surface area contributed by atoms with E-state index in [0.717, 1.165) is 32.1 Å². The molecule has 1 aliphatic carbocycles. The Balaban J connectivity index is 1.73. The first-order valence-corrected chi connectivity index (χ1v) is 5.76. The molecule has 0 spiro atoms. The minimum atomic E-state index is 0.251. The molecule has 0 saturated carbocycles. The van der Waals surface area contributed by atoms with Gasteiger partial charge in [0.1, 0.15) is 0 Å². The van der Waals surface area contributed by atoms with Gasteiger partial charge in [0, 0.05) is 12.1 Å². The summed E-state index contributed by atoms with van der Waals surface area (Å²) in [4.78, 5) is 0. The summed E-state index contributed by atoms with van der Waals surface area (Å²) in [5, 5.41) is 3.67. The molecule has 1 N–H and O–H groups in total. The maximum absolute atomic E-state index is 5.42. The second-order valence-electron chi connectivity index (χ2n) is 4.89. The van der Waals surface area contributed by atoms with Gasteiger partial charge in [0.2, 0.25) is 0 Å². The van der Waals surface area contributed by atoms with E-state index in [1.165, 1.54) is 19.3 Å². The van der Waals surface area contributed by atoms with E-state index in [4.69, 9.17) is 4.74 Å². The summed E-state index contributed by atoms with van der Waals surface area (Å²) >= 11 is 0. The highest BCUT2D eigenvalue weighted by Crippen LogP contribution is 2.21. The first kappa shape index (κ1) is 10.2. The maximum atomic E-state index is 5.42. The smallest absolute Gasteiger partial charge is 0.0646 e. The van der Waals surface area contributed by atoms with Crippen LogP contribution in [-0.2, 0) is 4.74 Å². The minimum Gasteiger partial charge on any atom is -0.379 e. The Bertz CT molecular complexity index is 206. The van der Waals surface area contributed by atoms with E-state index in [1.807, 2.05) is 0 Å². The van der Waals surface area contributed by atoms with Crippen molar-refractivity contribution >= 4 is 0 Å². The molecule has 0 radical (unpaired) electrons. The molecule has 2 unspecified atom stereocenters. The molecule has 1 heterocycles. The normalized spacial score (nSPS) is 37.6. The molecule has 0 aromatic heterocycles. The van der Waals surface area contributed by atoms with Gasteiger partial charge >= 0.3 is 0 Å². The summed E-state index contributed by atoms with van der Waals surface area (Å²) in [6, 6.07) is 0. The largest absolute Gasteiger partial charge is 0.379 e. The fourth-order valence-electron chi connectivity index (χ4n) is 2.24. The summed E-state index contributed by atoms with van der Waals surface area (Å²) in [7, 11) is 0. The van der Waals surface area contributed by atoms with E-state index in [0.29, 0.717) is 0 Å². The summed E-state index contributed by atoms with van der Waals surface area (Å²) < 4.78 is 5.42. The molecule has 1 fully saturated rings. The van der Waals surface area contributed by atoms with Crippen molar-refractivity contribution in [2.45, 2.75) is 38.1 Å². The van der Waals surface area contributed by atoms with Gasteiger partial charge in [0.25, 0.3) is 0 Å². The van der Waals surface area contributed by atoms with E-state index < -0.39 is 0 Å². The molecule has 0 aromatic rings. The van der Waals surface area contributed by atoms with Gasteiger partial charge in [-0.3, -0.25) is 0 Å². The highest BCUT2D eigenvalue weighted by molar-refractivity contribution is 4.93. The highest BCUT2D eigenvalue weighted by Gasteiger charge is 2.29. The summed E-state index contributed by atoms with van der Waals surface area (Å²) in [5.74, 6) is 0.845. The van der Waals surface area contributed by atoms with Gasteiger partial charge in [0.15, 0.2) is 0 Å². The van der Waals surface area contributed by atoms with E-state index in [-0.39, 0.29) is 5.54 Å². The van der Waals surface area contributed by atoms with Crippen LogP contribution in [0.1, 0.15) is 32.6 Å². The standard InChI is InChI=1S/C12H21NO/c1-12(7-8-14-10-12)13-9-11-5-3-2-4-6-11/h2-3,11,13H,4-10H2,1H3. The van der Waals surface area contributed by atoms with Crippen LogP contribution < -0.4 is 5.32 Å². The Hall–Kier alpha value is -0.340. The molecule has 2 rings (SSSR count). The number of hydrogen-bond acceptors (Lipinski definition) is 2. The topological polar surface area (TPSA) is 21.3 Å². The zero-order valence-corrected chi connectivity index (χ0v) is 9.09. The van der Waals surface area contributed by atoms with Crippen LogP contribution in [0, 0.1) is 5.92 Å². The molecule has 0 aromatic carbocycles. The van der Waals surface area contributed by atoms with Crippen molar-refractivity contribution in [2.24, 2.45) is 5.92 Å². The van der Waals surface area contributed by atoms with Gasteiger partial charge in [0.05, 0.1) is 6.61 Å². The Labute approximate surface area is 86.7 Å². The van der Waals surface area contributed by atoms with Gasteiger partial charge in [-0.25, -0.2) is 0 Å². The second-order valence-corrected chi connectivity index (χ2v) is 4.89. The number of rotatable bonds is 3. The SMILES string of the molecule is CC1(NCC2CC=CCC2)CCOC1. The van der Waals surface area contributed by atoms with Crippen LogP contribution in [0.2, 0.25) is 0 Å². The Morgan fingerprint density at radius 2 is 2.43 bits per heavy atom. The van der Waals surface area contributed by atoms with Crippen molar-refractivity contribution in [2.75, 3.05) is 19.8 Å². The van der Waals surface area contributed by atoms with Crippen molar-refractivity contribution in [3.63, 3.8) is 0 Å². The molecular formula is C12H21NO. The zero-order valence-electron chi connectivity index (χ0n) is 9.09. The molecular weight excluding hydrogens is 174 g/mol. The molecule has 2 atom stereocenters. The first-order chi connectivity index (χ1) is 6.79. The summed E-state index contributed by atoms with van der Waals surface area (Å²) in [6.45, 7) is 5.24. The van der Waals surface area contributed by atoms with E-state index in [1.54, 1.807) is 0 Å². The van der Waals surface area contributed by atoms with Crippen LogP contribution in [0.5, 0.6) is 0 Å². The van der Waals surface area contributed by atoms with Crippen LogP contribution >= 0.6 is 0 Å². The number of ether oxygens (including phenoxy) is 1. The lowest BCUT2D eigenvalue weighted by molar-refractivity contribution is 0.169. The number of hydrogen-bond donors (Lipinski definition) is 1. The van der Waals surface area contributed by atoms with E-state index >= 15 is 0 Å². The molecule has 2 nitrogen and oxygen atoms in total. The Morgan fingerprint density at radius 1 is 1.50 bits per heavy atom. The van der Waals surface area contributed by atoms with Crippen molar-refractivity contribution in [1.29, 1.82) is 0 Å². The molecule has 1 saturated heterocycles. The fraction of sp³-hybridized carbons (Fsp3) is 0.833. The Kier molecular flexibility index (Phi) is 3.24. The minimum absolute atomic E-state index is 0.251. The molecule has 1 aliphatic heterocycles. The van der Waals surface area contributed by atoms with Crippen LogP contribution in [-0.4, -0.2) is 25.3 Å². The third-order valence-corrected chi connectivity index (χ3v) is 3.41. The lowest BCUT2D eigenvalue weighted by Crippen LogP contribution is -2.45. The second kappa shape index (κ2) is 4.45. The van der Waals surface area contributed by atoms with E-state index in [2.05, 4.69) is 24.4 Å². The van der Waals surface area contributed by atoms with Crippen LogP contribution in [0.25, 0.3) is 0 Å². The average Bonchev–Trinajstić information content (AvgIpc) is 2.65. The lowest BCUT2D eigenvalue weighted by atomic mass is 9.92. The van der Waals surface area contributed by atoms with Crippen molar-refractivity contribution < 1.29 is 4.74 Å². The third-order valence-electron chi connectivity index (χ3n) is 3.41. The molecule has 0 bridgehead atoms. The average molecular weight is 195 g/mol. The van der Waals surface area contributed by atoms with Crippen LogP contribution in [0.15, 0.2) is 12.2 Å². The monoisotopic (exact) mass is 195 g/mol. The fourth-order valence-corrected chi connectivity index (χ4v) is 2.24. The molecule has 2 heteroatoms. The van der Waals surface area contributed by atoms with Crippen molar-refractivity contribution in [3.8, 4) is 0 Å². The van der Waals surface area contributed by atoms with Crippen LogP contribution in [0.3, 0.4) is 0 Å². The van der Waals surface area contributed by atoms with Gasteiger partial charge in [-0.1, -0.05) is 12.2 Å². The number of nitrogens with one attached hydrogen (secondary N) is 1. The van der Waals surface area contributed by atoms with Gasteiger partial charge < -0.3 is 10.1 Å². The van der Waals surface area contributed by atoms with Gasteiger partial charge in [-0.15, -0.1) is 0 Å². The first-order valence-electron chi connectivity index (χ1n) is 5.76. The Morgan fingerprint density at radius 3 is 3.07 bits per heavy atom. The third kappa shape index (κ3) is 2.58. The molecule has 14 heavy (non-hydrogen) atoms. The molecule has 2 aliphatic rings. The maximum Gasteiger partial charge on any atom is 0.0646 e. The highest BCUT2D eigenvalue weighted by atomic mass is 16.5. The van der Waals surface area contributed by atoms with Crippen molar-refractivity contribution in [1.82, 2.24) is 5.32 Å². The number of allylic oxidation sites excluding steroid dienone is 2. The van der Waals surface area contributed by atoms with Gasteiger partial charge in [-0.2, -0.15) is 0 Å². The molecule has 80 valence electrons. The van der Waals surface area contributed by atoms with E-state index in [9.17, 15) is 0 Å². The summed E-state index contributed by atoms with van der Waals surface area (Å²) in [5.41, 5.74) is 0.251. The lowest BCUT2D eigenvalue weighted by Gasteiger charge is -2.27. The van der Waals surface area contributed by atoms with Crippen LogP contribution in [0.4, 0.5) is 0 Å². The summed E-state index contributed by atoms with van der Waals surface area (Å²) in [6.07, 6.45) is 9.65. The zero-order chi connectivity index (χ0) is 9.86. The van der Waals surface area contributed by atoms with Gasteiger partial charge in [-0.05, 0) is 45.1 Å². The van der Waals surface area contributed by atoms with Crippen molar-refractivity contribution in [3.05, 3.63) is 12.2 Å². The molecule has 0 amide bonds. The quantitative estimate of drug-likeness (QED) is 0.696. The predicted molar refractivity (Wildman–Crippen MR) is 58.3 cm³/mol. The predicted octanol–water partition coefficient (Wildman–Crippen LogP) is 2.11.